The van der Waals surface area contributed by atoms with Gasteiger partial charge < -0.3 is 0 Å². The summed E-state index contributed by atoms with van der Waals surface area (Å²) >= 11 is 5.47. The van der Waals surface area contributed by atoms with Gasteiger partial charge in [-0.3, -0.25) is 4.79 Å². The zero-order valence-electron chi connectivity index (χ0n) is 8.38. The van der Waals surface area contributed by atoms with E-state index in [1.54, 1.807) is 0 Å². The Kier molecular flexibility index (Phi) is 3.54. The van der Waals surface area contributed by atoms with Crippen molar-refractivity contribution in [2.24, 2.45) is 0 Å². The van der Waals surface area contributed by atoms with Gasteiger partial charge in [-0.15, -0.1) is 0 Å². The Morgan fingerprint density at radius 2 is 1.76 bits per heavy atom. The SMILES string of the molecule is CC(=O)c1cc(Cl)cc(S(=O)(=O)C(F)(F)F)c1. The molecule has 94 valence electrons. The third kappa shape index (κ3) is 2.78. The molecule has 0 radical (unpaired) electrons. The van der Waals surface area contributed by atoms with Crippen LogP contribution in [0.5, 0.6) is 0 Å². The van der Waals surface area contributed by atoms with Crippen LogP contribution in [0.4, 0.5) is 13.2 Å². The highest BCUT2D eigenvalue weighted by Gasteiger charge is 2.47. The molecule has 3 nitrogen and oxygen atoms in total. The Bertz CT molecular complexity index is 563. The average Bonchev–Trinajstić information content (AvgIpc) is 2.14. The Balaban J connectivity index is 3.49. The van der Waals surface area contributed by atoms with E-state index in [0.717, 1.165) is 13.0 Å². The van der Waals surface area contributed by atoms with Crippen molar-refractivity contribution < 1.29 is 26.4 Å². The summed E-state index contributed by atoms with van der Waals surface area (Å²) in [6.07, 6.45) is 0. The van der Waals surface area contributed by atoms with Gasteiger partial charge in [-0.1, -0.05) is 11.6 Å². The molecule has 0 bridgehead atoms. The van der Waals surface area contributed by atoms with Gasteiger partial charge in [0.05, 0.1) is 4.90 Å². The second-order valence-corrected chi connectivity index (χ2v) is 5.56. The van der Waals surface area contributed by atoms with Crippen LogP contribution in [0, 0.1) is 0 Å². The van der Waals surface area contributed by atoms with E-state index in [1.807, 2.05) is 0 Å². The van der Waals surface area contributed by atoms with Crippen LogP contribution in [0.1, 0.15) is 17.3 Å². The van der Waals surface area contributed by atoms with Gasteiger partial charge in [0.25, 0.3) is 9.84 Å². The van der Waals surface area contributed by atoms with Gasteiger partial charge >= 0.3 is 5.51 Å². The second-order valence-electron chi connectivity index (χ2n) is 3.18. The number of rotatable bonds is 2. The molecular formula is C9H6ClF3O3S. The number of carbonyl (C=O) groups excluding carboxylic acids is 1. The highest BCUT2D eigenvalue weighted by Crippen LogP contribution is 2.32. The maximum absolute atomic E-state index is 12.3. The van der Waals surface area contributed by atoms with Crippen molar-refractivity contribution in [1.82, 2.24) is 0 Å². The summed E-state index contributed by atoms with van der Waals surface area (Å²) in [7, 11) is -5.49. The number of sulfone groups is 1. The minimum absolute atomic E-state index is 0.194. The number of ketones is 1. The minimum Gasteiger partial charge on any atom is -0.295 e. The molecule has 1 aromatic rings. The third-order valence-corrected chi connectivity index (χ3v) is 3.58. The third-order valence-electron chi connectivity index (χ3n) is 1.89. The molecule has 0 spiro atoms. The van der Waals surface area contributed by atoms with Crippen molar-refractivity contribution in [3.05, 3.63) is 28.8 Å². The summed E-state index contributed by atoms with van der Waals surface area (Å²) in [6, 6.07) is 2.40. The van der Waals surface area contributed by atoms with Crippen molar-refractivity contribution >= 4 is 27.2 Å². The van der Waals surface area contributed by atoms with Gasteiger partial charge in [0.15, 0.2) is 5.78 Å². The van der Waals surface area contributed by atoms with Crippen molar-refractivity contribution in [2.45, 2.75) is 17.3 Å². The molecule has 0 aromatic heterocycles. The number of hydrogen-bond acceptors (Lipinski definition) is 3. The van der Waals surface area contributed by atoms with Crippen LogP contribution in [0.3, 0.4) is 0 Å². The molecule has 0 aliphatic rings. The van der Waals surface area contributed by atoms with Crippen LogP contribution in [0.2, 0.25) is 5.02 Å². The molecule has 17 heavy (non-hydrogen) atoms. The molecule has 0 unspecified atom stereocenters. The molecule has 0 N–H and O–H groups in total. The van der Waals surface area contributed by atoms with Crippen LogP contribution in [0.25, 0.3) is 0 Å². The van der Waals surface area contributed by atoms with Gasteiger partial charge in [0, 0.05) is 10.6 Å². The maximum Gasteiger partial charge on any atom is 0.501 e. The van der Waals surface area contributed by atoms with Gasteiger partial charge in [0.1, 0.15) is 0 Å². The molecule has 0 heterocycles. The van der Waals surface area contributed by atoms with Crippen LogP contribution in [0.15, 0.2) is 23.1 Å². The van der Waals surface area contributed by atoms with E-state index in [9.17, 15) is 26.4 Å². The fourth-order valence-corrected chi connectivity index (χ4v) is 2.19. The lowest BCUT2D eigenvalue weighted by atomic mass is 10.1. The molecule has 0 aliphatic heterocycles. The normalized spacial score (nSPS) is 12.5. The van der Waals surface area contributed by atoms with Crippen molar-refractivity contribution in [1.29, 1.82) is 0 Å². The van der Waals surface area contributed by atoms with Crippen LogP contribution < -0.4 is 0 Å². The fourth-order valence-electron chi connectivity index (χ4n) is 1.05. The van der Waals surface area contributed by atoms with E-state index in [0.29, 0.717) is 12.1 Å². The van der Waals surface area contributed by atoms with E-state index >= 15 is 0 Å². The molecule has 0 saturated carbocycles. The molecular weight excluding hydrogens is 281 g/mol. The van der Waals surface area contributed by atoms with Gasteiger partial charge in [-0.05, 0) is 25.1 Å². The zero-order chi connectivity index (χ0) is 13.4. The van der Waals surface area contributed by atoms with Crippen molar-refractivity contribution in [3.63, 3.8) is 0 Å². The zero-order valence-corrected chi connectivity index (χ0v) is 9.95. The summed E-state index contributed by atoms with van der Waals surface area (Å²) in [5.41, 5.74) is -5.62. The number of carbonyl (C=O) groups is 1. The lowest BCUT2D eigenvalue weighted by Crippen LogP contribution is -2.23. The standard InChI is InChI=1S/C9H6ClF3O3S/c1-5(14)6-2-7(10)4-8(3-6)17(15,16)9(11,12)13/h2-4H,1H3. The fraction of sp³-hybridized carbons (Fsp3) is 0.222. The topological polar surface area (TPSA) is 51.2 Å². The Morgan fingerprint density at radius 3 is 2.18 bits per heavy atom. The molecule has 1 aromatic carbocycles. The first-order valence-electron chi connectivity index (χ1n) is 4.18. The first-order chi connectivity index (χ1) is 7.55. The van der Waals surface area contributed by atoms with Gasteiger partial charge in [0.2, 0.25) is 0 Å². The first-order valence-corrected chi connectivity index (χ1v) is 6.04. The number of benzene rings is 1. The number of alkyl halides is 3. The van der Waals surface area contributed by atoms with Gasteiger partial charge in [-0.2, -0.15) is 13.2 Å². The lowest BCUT2D eigenvalue weighted by Gasteiger charge is -2.09. The Hall–Kier alpha value is -1.08. The Morgan fingerprint density at radius 1 is 1.24 bits per heavy atom. The van der Waals surface area contributed by atoms with E-state index in [1.165, 1.54) is 0 Å². The lowest BCUT2D eigenvalue weighted by molar-refractivity contribution is -0.0436. The van der Waals surface area contributed by atoms with E-state index < -0.39 is 26.0 Å². The Labute approximate surface area is 100 Å². The van der Waals surface area contributed by atoms with Gasteiger partial charge in [-0.25, -0.2) is 8.42 Å². The molecule has 8 heteroatoms. The maximum atomic E-state index is 12.3. The second kappa shape index (κ2) is 4.30. The molecule has 0 fully saturated rings. The van der Waals surface area contributed by atoms with Crippen LogP contribution >= 0.6 is 11.6 Å². The smallest absolute Gasteiger partial charge is 0.295 e. The number of hydrogen-bond donors (Lipinski definition) is 0. The van der Waals surface area contributed by atoms with Crippen molar-refractivity contribution in [3.8, 4) is 0 Å². The van der Waals surface area contributed by atoms with E-state index in [2.05, 4.69) is 0 Å². The molecule has 1 rings (SSSR count). The summed E-state index contributed by atoms with van der Waals surface area (Å²) in [5, 5.41) is -0.250. The highest BCUT2D eigenvalue weighted by atomic mass is 35.5. The van der Waals surface area contributed by atoms with Crippen LogP contribution in [-0.4, -0.2) is 19.7 Å². The van der Waals surface area contributed by atoms with E-state index in [4.69, 9.17) is 11.6 Å². The molecule has 0 atom stereocenters. The summed E-state index contributed by atoms with van der Waals surface area (Å²) in [6.45, 7) is 1.09. The molecule has 0 aliphatic carbocycles. The summed E-state index contributed by atoms with van der Waals surface area (Å²) in [5.74, 6) is -0.578. The average molecular weight is 287 g/mol. The molecule has 0 amide bonds. The number of halogens is 4. The summed E-state index contributed by atoms with van der Waals surface area (Å²) < 4.78 is 59.0. The highest BCUT2D eigenvalue weighted by molar-refractivity contribution is 7.92. The predicted octanol–water partition coefficient (Wildman–Crippen LogP) is 2.84. The minimum atomic E-state index is -5.49. The molecule has 0 saturated heterocycles. The largest absolute Gasteiger partial charge is 0.501 e. The van der Waals surface area contributed by atoms with Crippen LogP contribution in [-0.2, 0) is 9.84 Å². The predicted molar refractivity (Wildman–Crippen MR) is 54.7 cm³/mol. The summed E-state index contributed by atoms with van der Waals surface area (Å²) in [4.78, 5) is 9.95. The van der Waals surface area contributed by atoms with Crippen molar-refractivity contribution in [2.75, 3.05) is 0 Å². The van der Waals surface area contributed by atoms with E-state index in [-0.39, 0.29) is 10.6 Å². The number of Topliss-reactive ketones (excluding diaryl/α,β-unsaturated/α-hetero) is 1. The first kappa shape index (κ1) is 14.0. The monoisotopic (exact) mass is 286 g/mol. The quantitative estimate of drug-likeness (QED) is 0.786.